The lowest BCUT2D eigenvalue weighted by molar-refractivity contribution is 0.673. The summed E-state index contributed by atoms with van der Waals surface area (Å²) in [6.07, 6.45) is 0. The van der Waals surface area contributed by atoms with Crippen LogP contribution in [0.2, 0.25) is 0 Å². The van der Waals surface area contributed by atoms with Gasteiger partial charge < -0.3 is 9.32 Å². The number of para-hydroxylation sites is 2. The third kappa shape index (κ3) is 3.11. The lowest BCUT2D eigenvalue weighted by Gasteiger charge is -2.25. The highest BCUT2D eigenvalue weighted by Crippen LogP contribution is 2.46. The quantitative estimate of drug-likeness (QED) is 0.244. The van der Waals surface area contributed by atoms with Crippen molar-refractivity contribution in [2.75, 3.05) is 4.90 Å². The molecule has 6 aromatic carbocycles. The molecule has 2 heterocycles. The molecule has 0 radical (unpaired) electrons. The third-order valence-corrected chi connectivity index (χ3v) is 8.37. The number of thiophene rings is 1. The number of anilines is 3. The number of benzene rings is 6. The first-order valence-electron chi connectivity index (χ1n) is 12.4. The minimum Gasteiger partial charge on any atom is -0.453 e. The lowest BCUT2D eigenvalue weighted by Crippen LogP contribution is -2.10. The van der Waals surface area contributed by atoms with Crippen molar-refractivity contribution in [3.05, 3.63) is 127 Å². The van der Waals surface area contributed by atoms with Gasteiger partial charge in [-0.15, -0.1) is 11.3 Å². The number of hydrogen-bond donors (Lipinski definition) is 0. The van der Waals surface area contributed by atoms with Crippen molar-refractivity contribution < 1.29 is 4.42 Å². The van der Waals surface area contributed by atoms with E-state index in [1.165, 1.54) is 30.9 Å². The van der Waals surface area contributed by atoms with Gasteiger partial charge in [-0.25, -0.2) is 0 Å². The Morgan fingerprint density at radius 3 is 2.16 bits per heavy atom. The average molecular weight is 492 g/mol. The molecule has 0 saturated carbocycles. The van der Waals surface area contributed by atoms with Crippen LogP contribution in [0.3, 0.4) is 0 Å². The molecule has 2 aromatic heterocycles. The maximum Gasteiger partial charge on any atom is 0.159 e. The highest BCUT2D eigenvalue weighted by atomic mass is 32.1. The fraction of sp³-hybridized carbons (Fsp3) is 0. The molecule has 0 N–H and O–H groups in total. The molecule has 8 aromatic rings. The smallest absolute Gasteiger partial charge is 0.159 e. The fourth-order valence-electron chi connectivity index (χ4n) is 5.55. The Balaban J connectivity index is 1.45. The summed E-state index contributed by atoms with van der Waals surface area (Å²) in [6, 6.07) is 45.2. The summed E-state index contributed by atoms with van der Waals surface area (Å²) in [7, 11) is 0. The second kappa shape index (κ2) is 7.95. The Bertz CT molecular complexity index is 2100. The van der Waals surface area contributed by atoms with Gasteiger partial charge in [-0.3, -0.25) is 0 Å². The molecule has 0 aliphatic rings. The van der Waals surface area contributed by atoms with Crippen molar-refractivity contribution in [1.29, 1.82) is 0 Å². The van der Waals surface area contributed by atoms with Crippen molar-refractivity contribution in [2.45, 2.75) is 0 Å². The zero-order valence-corrected chi connectivity index (χ0v) is 20.7. The second-order valence-electron chi connectivity index (χ2n) is 9.37. The fourth-order valence-corrected chi connectivity index (χ4v) is 6.65. The van der Waals surface area contributed by atoms with E-state index in [0.717, 1.165) is 39.0 Å². The van der Waals surface area contributed by atoms with Gasteiger partial charge in [0.25, 0.3) is 0 Å². The first-order chi connectivity index (χ1) is 18.3. The van der Waals surface area contributed by atoms with Gasteiger partial charge >= 0.3 is 0 Å². The normalized spacial score (nSPS) is 11.8. The highest BCUT2D eigenvalue weighted by Gasteiger charge is 2.21. The predicted octanol–water partition coefficient (Wildman–Crippen LogP) is 10.6. The van der Waals surface area contributed by atoms with E-state index in [1.807, 2.05) is 11.3 Å². The van der Waals surface area contributed by atoms with Crippen molar-refractivity contribution in [1.82, 2.24) is 0 Å². The van der Waals surface area contributed by atoms with Crippen LogP contribution in [0.25, 0.3) is 52.9 Å². The van der Waals surface area contributed by atoms with Gasteiger partial charge in [-0.05, 0) is 59.3 Å². The van der Waals surface area contributed by atoms with E-state index < -0.39 is 0 Å². The first kappa shape index (κ1) is 20.6. The SMILES string of the molecule is c1ccc(N(c2ccc3ccccc3c2)c2cccc3c2oc2c3ccc3sc4ccccc4c32)cc1. The Kier molecular flexibility index (Phi) is 4.42. The molecule has 2 nitrogen and oxygen atoms in total. The molecule has 37 heavy (non-hydrogen) atoms. The summed E-state index contributed by atoms with van der Waals surface area (Å²) in [5.41, 5.74) is 5.09. The largest absolute Gasteiger partial charge is 0.453 e. The third-order valence-electron chi connectivity index (χ3n) is 7.23. The zero-order valence-electron chi connectivity index (χ0n) is 19.9. The number of hydrogen-bond acceptors (Lipinski definition) is 3. The standard InChI is InChI=1S/C34H21NOS/c1-2-11-24(12-3-1)35(25-18-17-22-9-4-5-10-23(22)21-25)29-15-8-14-26-27-19-20-31-32(34(27)36-33(26)29)28-13-6-7-16-30(28)37-31/h1-21H. The van der Waals surface area contributed by atoms with Gasteiger partial charge in [-0.1, -0.05) is 78.9 Å². The second-order valence-corrected chi connectivity index (χ2v) is 10.5. The molecule has 0 amide bonds. The van der Waals surface area contributed by atoms with Gasteiger partial charge in [0.05, 0.1) is 5.69 Å². The molecule has 8 rings (SSSR count). The highest BCUT2D eigenvalue weighted by molar-refractivity contribution is 7.26. The van der Waals surface area contributed by atoms with Crippen LogP contribution in [0.1, 0.15) is 0 Å². The molecule has 174 valence electrons. The van der Waals surface area contributed by atoms with Crippen LogP contribution in [-0.2, 0) is 0 Å². The monoisotopic (exact) mass is 491 g/mol. The van der Waals surface area contributed by atoms with E-state index in [0.29, 0.717) is 0 Å². The minimum atomic E-state index is 0.900. The number of fused-ring (bicyclic) bond motifs is 8. The van der Waals surface area contributed by atoms with E-state index in [4.69, 9.17) is 4.42 Å². The maximum atomic E-state index is 6.84. The molecule has 0 atom stereocenters. The summed E-state index contributed by atoms with van der Waals surface area (Å²) >= 11 is 1.82. The van der Waals surface area contributed by atoms with Gasteiger partial charge in [0.2, 0.25) is 0 Å². The predicted molar refractivity (Wildman–Crippen MR) is 159 cm³/mol. The van der Waals surface area contributed by atoms with Crippen LogP contribution in [0.15, 0.2) is 132 Å². The van der Waals surface area contributed by atoms with Crippen molar-refractivity contribution in [2.24, 2.45) is 0 Å². The summed E-state index contributed by atoms with van der Waals surface area (Å²) in [5, 5.41) is 7.18. The first-order valence-corrected chi connectivity index (χ1v) is 13.3. The van der Waals surface area contributed by atoms with E-state index in [2.05, 4.69) is 132 Å². The Morgan fingerprint density at radius 2 is 1.24 bits per heavy atom. The van der Waals surface area contributed by atoms with E-state index in [1.54, 1.807) is 0 Å². The number of furan rings is 1. The Morgan fingerprint density at radius 1 is 0.486 bits per heavy atom. The Hall–Kier alpha value is -4.60. The molecular formula is C34H21NOS. The van der Waals surface area contributed by atoms with E-state index in [-0.39, 0.29) is 0 Å². The van der Waals surface area contributed by atoms with Crippen molar-refractivity contribution in [3.63, 3.8) is 0 Å². The topological polar surface area (TPSA) is 16.4 Å². The van der Waals surface area contributed by atoms with Crippen LogP contribution >= 0.6 is 11.3 Å². The number of nitrogens with zero attached hydrogens (tertiary/aromatic N) is 1. The van der Waals surface area contributed by atoms with Crippen LogP contribution in [0.4, 0.5) is 17.1 Å². The zero-order chi connectivity index (χ0) is 24.3. The number of rotatable bonds is 3. The summed E-state index contributed by atoms with van der Waals surface area (Å²) in [5.74, 6) is 0. The van der Waals surface area contributed by atoms with Gasteiger partial charge in [0, 0.05) is 42.3 Å². The molecule has 0 aliphatic heterocycles. The van der Waals surface area contributed by atoms with Crippen LogP contribution in [0, 0.1) is 0 Å². The summed E-state index contributed by atoms with van der Waals surface area (Å²) in [6.45, 7) is 0. The van der Waals surface area contributed by atoms with E-state index in [9.17, 15) is 0 Å². The van der Waals surface area contributed by atoms with Gasteiger partial charge in [-0.2, -0.15) is 0 Å². The maximum absolute atomic E-state index is 6.84. The molecule has 0 spiro atoms. The van der Waals surface area contributed by atoms with Gasteiger partial charge in [0.15, 0.2) is 5.58 Å². The molecule has 0 aliphatic carbocycles. The molecule has 0 bridgehead atoms. The van der Waals surface area contributed by atoms with E-state index >= 15 is 0 Å². The summed E-state index contributed by atoms with van der Waals surface area (Å²) in [4.78, 5) is 2.31. The molecular weight excluding hydrogens is 470 g/mol. The van der Waals surface area contributed by atoms with Crippen molar-refractivity contribution in [3.8, 4) is 0 Å². The van der Waals surface area contributed by atoms with Gasteiger partial charge in [0.1, 0.15) is 5.58 Å². The van der Waals surface area contributed by atoms with Crippen LogP contribution in [-0.4, -0.2) is 0 Å². The molecule has 0 fully saturated rings. The molecule has 3 heteroatoms. The van der Waals surface area contributed by atoms with Crippen LogP contribution < -0.4 is 4.90 Å². The Labute approximate surface area is 217 Å². The molecule has 0 unspecified atom stereocenters. The lowest BCUT2D eigenvalue weighted by atomic mass is 10.1. The average Bonchev–Trinajstić information content (AvgIpc) is 3.52. The van der Waals surface area contributed by atoms with Crippen LogP contribution in [0.5, 0.6) is 0 Å². The minimum absolute atomic E-state index is 0.900. The van der Waals surface area contributed by atoms with Crippen molar-refractivity contribution >= 4 is 81.3 Å². The summed E-state index contributed by atoms with van der Waals surface area (Å²) < 4.78 is 9.38. The molecule has 0 saturated heterocycles.